The van der Waals surface area contributed by atoms with Gasteiger partial charge in [0.15, 0.2) is 0 Å². The van der Waals surface area contributed by atoms with Gasteiger partial charge in [-0.15, -0.1) is 0 Å². The second-order valence-corrected chi connectivity index (χ2v) is 5.32. The van der Waals surface area contributed by atoms with Crippen molar-refractivity contribution in [2.24, 2.45) is 0 Å². The van der Waals surface area contributed by atoms with Crippen molar-refractivity contribution in [2.75, 3.05) is 6.61 Å². The van der Waals surface area contributed by atoms with Crippen molar-refractivity contribution in [2.45, 2.75) is 40.3 Å². The molecule has 0 aliphatic heterocycles. The van der Waals surface area contributed by atoms with Crippen molar-refractivity contribution in [3.63, 3.8) is 0 Å². The van der Waals surface area contributed by atoms with Crippen molar-refractivity contribution in [3.05, 3.63) is 35.0 Å². The summed E-state index contributed by atoms with van der Waals surface area (Å²) < 4.78 is 7.80. The largest absolute Gasteiger partial charge is 0.478 e. The van der Waals surface area contributed by atoms with E-state index in [-0.39, 0.29) is 6.10 Å². The fourth-order valence-corrected chi connectivity index (χ4v) is 2.45. The number of aromatic nitrogens is 1. The van der Waals surface area contributed by atoms with Crippen molar-refractivity contribution >= 4 is 16.9 Å². The van der Waals surface area contributed by atoms with Crippen molar-refractivity contribution in [1.82, 2.24) is 4.57 Å². The van der Waals surface area contributed by atoms with Gasteiger partial charge in [-0.25, -0.2) is 4.79 Å². The summed E-state index contributed by atoms with van der Waals surface area (Å²) in [5.41, 5.74) is 3.69. The van der Waals surface area contributed by atoms with E-state index in [1.54, 1.807) is 12.1 Å². The topological polar surface area (TPSA) is 51.5 Å². The van der Waals surface area contributed by atoms with Gasteiger partial charge >= 0.3 is 5.97 Å². The summed E-state index contributed by atoms with van der Waals surface area (Å²) in [7, 11) is 0. The molecule has 2 rings (SSSR count). The van der Waals surface area contributed by atoms with Crippen molar-refractivity contribution in [3.8, 4) is 0 Å². The van der Waals surface area contributed by atoms with Crippen LogP contribution in [0.4, 0.5) is 0 Å². The van der Waals surface area contributed by atoms with Crippen LogP contribution < -0.4 is 0 Å². The van der Waals surface area contributed by atoms with Gasteiger partial charge < -0.3 is 14.4 Å². The van der Waals surface area contributed by atoms with Gasteiger partial charge in [0, 0.05) is 23.1 Å². The number of carbonyl (C=O) groups is 1. The number of hydrogen-bond donors (Lipinski definition) is 1. The number of fused-ring (bicyclic) bond motifs is 1. The van der Waals surface area contributed by atoms with Gasteiger partial charge in [0.25, 0.3) is 0 Å². The highest BCUT2D eigenvalue weighted by Gasteiger charge is 2.13. The monoisotopic (exact) mass is 275 g/mol. The predicted octanol–water partition coefficient (Wildman–Crippen LogP) is 3.38. The molecule has 2 aromatic rings. The Bertz CT molecular complexity index is 641. The average molecular weight is 275 g/mol. The summed E-state index contributed by atoms with van der Waals surface area (Å²) in [5.74, 6) is -0.889. The Hall–Kier alpha value is -1.81. The summed E-state index contributed by atoms with van der Waals surface area (Å²) in [6.07, 6.45) is 0.219. The number of ether oxygens (including phenoxy) is 1. The molecule has 4 heteroatoms. The van der Waals surface area contributed by atoms with E-state index in [9.17, 15) is 4.79 Å². The van der Waals surface area contributed by atoms with Gasteiger partial charge in [0.1, 0.15) is 0 Å². The fourth-order valence-electron chi connectivity index (χ4n) is 2.45. The van der Waals surface area contributed by atoms with E-state index < -0.39 is 5.97 Å². The van der Waals surface area contributed by atoms with E-state index in [0.29, 0.717) is 12.2 Å². The van der Waals surface area contributed by atoms with Gasteiger partial charge in [-0.05, 0) is 51.5 Å². The predicted molar refractivity (Wildman–Crippen MR) is 79.5 cm³/mol. The van der Waals surface area contributed by atoms with E-state index in [2.05, 4.69) is 11.5 Å². The van der Waals surface area contributed by atoms with Crippen LogP contribution in [0.5, 0.6) is 0 Å². The van der Waals surface area contributed by atoms with Crippen molar-refractivity contribution in [1.29, 1.82) is 0 Å². The highest BCUT2D eigenvalue weighted by molar-refractivity contribution is 5.95. The first kappa shape index (κ1) is 14.6. The number of carboxylic acid groups (broad SMARTS) is 1. The summed E-state index contributed by atoms with van der Waals surface area (Å²) in [6, 6.07) is 5.29. The molecule has 0 saturated heterocycles. The zero-order valence-electron chi connectivity index (χ0n) is 12.4. The van der Waals surface area contributed by atoms with Gasteiger partial charge in [-0.3, -0.25) is 0 Å². The molecule has 0 radical (unpaired) electrons. The zero-order valence-corrected chi connectivity index (χ0v) is 12.4. The van der Waals surface area contributed by atoms with Crippen LogP contribution in [0.2, 0.25) is 0 Å². The Labute approximate surface area is 119 Å². The Morgan fingerprint density at radius 3 is 2.65 bits per heavy atom. The highest BCUT2D eigenvalue weighted by Crippen LogP contribution is 2.26. The first-order chi connectivity index (χ1) is 9.41. The average Bonchev–Trinajstić information content (AvgIpc) is 2.63. The minimum Gasteiger partial charge on any atom is -0.478 e. The molecule has 1 aromatic carbocycles. The molecule has 0 aliphatic carbocycles. The van der Waals surface area contributed by atoms with E-state index in [4.69, 9.17) is 9.84 Å². The normalized spacial score (nSPS) is 11.4. The maximum atomic E-state index is 11.1. The lowest BCUT2D eigenvalue weighted by Gasteiger charge is -2.11. The third-order valence-corrected chi connectivity index (χ3v) is 3.65. The summed E-state index contributed by atoms with van der Waals surface area (Å²) >= 11 is 0. The number of nitrogens with zero attached hydrogens (tertiary/aromatic N) is 1. The molecule has 1 heterocycles. The summed E-state index contributed by atoms with van der Waals surface area (Å²) in [6.45, 7) is 9.56. The number of rotatable bonds is 5. The van der Waals surface area contributed by atoms with Crippen LogP contribution >= 0.6 is 0 Å². The second-order valence-electron chi connectivity index (χ2n) is 5.32. The standard InChI is InChI=1S/C16H21NO3/c1-10(2)20-8-7-17-12(4)11(3)14-9-13(16(18)19)5-6-15(14)17/h5-6,9-10H,7-8H2,1-4H3,(H,18,19). The van der Waals surface area contributed by atoms with Crippen LogP contribution in [-0.4, -0.2) is 28.4 Å². The molecule has 20 heavy (non-hydrogen) atoms. The molecule has 108 valence electrons. The maximum absolute atomic E-state index is 11.1. The molecular formula is C16H21NO3. The van der Waals surface area contributed by atoms with Crippen LogP contribution in [-0.2, 0) is 11.3 Å². The van der Waals surface area contributed by atoms with Gasteiger partial charge in [-0.2, -0.15) is 0 Å². The number of aromatic carboxylic acids is 1. The minimum atomic E-state index is -0.889. The first-order valence-electron chi connectivity index (χ1n) is 6.86. The number of aryl methyl sites for hydroxylation is 1. The first-order valence-corrected chi connectivity index (χ1v) is 6.86. The lowest BCUT2D eigenvalue weighted by Crippen LogP contribution is -2.11. The van der Waals surface area contributed by atoms with E-state index in [1.165, 1.54) is 0 Å². The Morgan fingerprint density at radius 2 is 2.05 bits per heavy atom. The summed E-state index contributed by atoms with van der Waals surface area (Å²) in [5, 5.41) is 10.1. The number of hydrogen-bond acceptors (Lipinski definition) is 2. The molecule has 0 bridgehead atoms. The maximum Gasteiger partial charge on any atom is 0.335 e. The van der Waals surface area contributed by atoms with E-state index in [0.717, 1.165) is 28.7 Å². The van der Waals surface area contributed by atoms with Crippen LogP contribution in [0.25, 0.3) is 10.9 Å². The number of carboxylic acids is 1. The molecule has 4 nitrogen and oxygen atoms in total. The second kappa shape index (κ2) is 5.67. The van der Waals surface area contributed by atoms with Crippen LogP contribution in [0.15, 0.2) is 18.2 Å². The molecule has 1 aromatic heterocycles. The molecule has 0 atom stereocenters. The zero-order chi connectivity index (χ0) is 14.9. The molecule has 0 saturated carbocycles. The van der Waals surface area contributed by atoms with E-state index in [1.807, 2.05) is 26.8 Å². The third kappa shape index (κ3) is 2.70. The van der Waals surface area contributed by atoms with Crippen molar-refractivity contribution < 1.29 is 14.6 Å². The molecule has 1 N–H and O–H groups in total. The fraction of sp³-hybridized carbons (Fsp3) is 0.438. The van der Waals surface area contributed by atoms with Crippen LogP contribution in [0, 0.1) is 13.8 Å². The lowest BCUT2D eigenvalue weighted by molar-refractivity contribution is 0.0696. The van der Waals surface area contributed by atoms with E-state index >= 15 is 0 Å². The minimum absolute atomic E-state index is 0.219. The van der Waals surface area contributed by atoms with Crippen LogP contribution in [0.3, 0.4) is 0 Å². The number of benzene rings is 1. The Balaban J connectivity index is 2.40. The third-order valence-electron chi connectivity index (χ3n) is 3.65. The Morgan fingerprint density at radius 1 is 1.35 bits per heavy atom. The lowest BCUT2D eigenvalue weighted by atomic mass is 10.1. The Kier molecular flexibility index (Phi) is 4.14. The smallest absolute Gasteiger partial charge is 0.335 e. The quantitative estimate of drug-likeness (QED) is 0.910. The molecule has 0 spiro atoms. The molecule has 0 fully saturated rings. The highest BCUT2D eigenvalue weighted by atomic mass is 16.5. The molecule has 0 aliphatic rings. The van der Waals surface area contributed by atoms with Crippen LogP contribution in [0.1, 0.15) is 35.5 Å². The SMILES string of the molecule is Cc1c(C)n(CCOC(C)C)c2ccc(C(=O)O)cc12. The molecule has 0 unspecified atom stereocenters. The van der Waals surface area contributed by atoms with Gasteiger partial charge in [0.05, 0.1) is 18.3 Å². The van der Waals surface area contributed by atoms with Gasteiger partial charge in [0.2, 0.25) is 0 Å². The molecular weight excluding hydrogens is 254 g/mol. The van der Waals surface area contributed by atoms with Gasteiger partial charge in [-0.1, -0.05) is 0 Å². The molecule has 0 amide bonds. The summed E-state index contributed by atoms with van der Waals surface area (Å²) in [4.78, 5) is 11.1.